The molecule has 0 aromatic carbocycles. The highest BCUT2D eigenvalue weighted by Gasteiger charge is 2.45. The molecule has 1 heterocycles. The van der Waals surface area contributed by atoms with Gasteiger partial charge in [-0.2, -0.15) is 0 Å². The highest BCUT2D eigenvalue weighted by atomic mass is 17.2. The summed E-state index contributed by atoms with van der Waals surface area (Å²) in [6, 6.07) is 0. The van der Waals surface area contributed by atoms with Crippen molar-refractivity contribution in [2.24, 2.45) is 0 Å². The maximum atomic E-state index is 10.8. The first kappa shape index (κ1) is 19.6. The van der Waals surface area contributed by atoms with Crippen molar-refractivity contribution in [1.29, 1.82) is 0 Å². The summed E-state index contributed by atoms with van der Waals surface area (Å²) in [5.41, 5.74) is 0.140. The summed E-state index contributed by atoms with van der Waals surface area (Å²) < 4.78 is 5.59. The quantitative estimate of drug-likeness (QED) is 0.372. The van der Waals surface area contributed by atoms with Crippen molar-refractivity contribution in [3.05, 3.63) is 0 Å². The minimum Gasteiger partial charge on any atom is -0.381 e. The lowest BCUT2D eigenvalue weighted by Gasteiger charge is -2.55. The molecule has 1 rings (SSSR count). The van der Waals surface area contributed by atoms with Crippen molar-refractivity contribution in [1.82, 2.24) is 4.90 Å². The highest BCUT2D eigenvalue weighted by Crippen LogP contribution is 2.38. The fraction of sp³-hybridized carbons (Fsp3) is 0.941. The second kappa shape index (κ2) is 8.39. The number of carbonyl (C=O) groups is 1. The van der Waals surface area contributed by atoms with Crippen molar-refractivity contribution in [3.63, 3.8) is 0 Å². The van der Waals surface area contributed by atoms with E-state index in [-0.39, 0.29) is 16.9 Å². The molecule has 0 unspecified atom stereocenters. The normalized spacial score (nSPS) is 21.9. The zero-order valence-electron chi connectivity index (χ0n) is 15.1. The van der Waals surface area contributed by atoms with Gasteiger partial charge in [-0.25, -0.2) is 9.78 Å². The highest BCUT2D eigenvalue weighted by molar-refractivity contribution is 5.75. The van der Waals surface area contributed by atoms with Gasteiger partial charge in [0.25, 0.3) is 0 Å². The van der Waals surface area contributed by atoms with Gasteiger partial charge >= 0.3 is 0 Å². The Labute approximate surface area is 135 Å². The molecule has 22 heavy (non-hydrogen) atoms. The smallest absolute Gasteiger partial charge is 0.129 e. The number of ether oxygens (including phenoxy) is 1. The van der Waals surface area contributed by atoms with Gasteiger partial charge in [-0.15, -0.1) is 0 Å². The number of methoxy groups -OCH3 is 1. The van der Waals surface area contributed by atoms with E-state index in [1.807, 2.05) is 0 Å². The summed E-state index contributed by atoms with van der Waals surface area (Å²) in [6.45, 7) is 12.4. The van der Waals surface area contributed by atoms with E-state index in [0.717, 1.165) is 19.4 Å². The van der Waals surface area contributed by atoms with Crippen LogP contribution in [0, 0.1) is 0 Å². The number of hydrogen-bond acceptors (Lipinski definition) is 5. The summed E-state index contributed by atoms with van der Waals surface area (Å²) >= 11 is 0. The van der Waals surface area contributed by atoms with Crippen LogP contribution >= 0.6 is 0 Å². The number of nitrogens with zero attached hydrogens (tertiary/aromatic N) is 1. The molecule has 0 N–H and O–H groups in total. The molecule has 0 aromatic heterocycles. The van der Waals surface area contributed by atoms with Gasteiger partial charge in [0.2, 0.25) is 0 Å². The average Bonchev–Trinajstić information content (AvgIpc) is 2.38. The van der Waals surface area contributed by atoms with Crippen LogP contribution in [0.5, 0.6) is 0 Å². The second-order valence-corrected chi connectivity index (χ2v) is 7.49. The van der Waals surface area contributed by atoms with Crippen molar-refractivity contribution >= 4 is 5.78 Å². The zero-order chi connectivity index (χ0) is 16.8. The van der Waals surface area contributed by atoms with Crippen molar-refractivity contribution < 1.29 is 19.3 Å². The Kier molecular flexibility index (Phi) is 7.46. The van der Waals surface area contributed by atoms with E-state index in [9.17, 15) is 4.79 Å². The summed E-state index contributed by atoms with van der Waals surface area (Å²) in [7, 11) is 1.80. The van der Waals surface area contributed by atoms with Crippen molar-refractivity contribution in [3.8, 4) is 0 Å². The minimum absolute atomic E-state index is 0.0699. The van der Waals surface area contributed by atoms with Crippen molar-refractivity contribution in [2.75, 3.05) is 26.9 Å². The third kappa shape index (κ3) is 5.95. The van der Waals surface area contributed by atoms with E-state index in [0.29, 0.717) is 32.2 Å². The van der Waals surface area contributed by atoms with Gasteiger partial charge in [0.1, 0.15) is 5.78 Å². The van der Waals surface area contributed by atoms with Crippen LogP contribution in [0.4, 0.5) is 0 Å². The Morgan fingerprint density at radius 2 is 1.64 bits per heavy atom. The van der Waals surface area contributed by atoms with Gasteiger partial charge in [0, 0.05) is 31.2 Å². The van der Waals surface area contributed by atoms with E-state index < -0.39 is 0 Å². The maximum Gasteiger partial charge on any atom is 0.129 e. The van der Waals surface area contributed by atoms with Crippen LogP contribution < -0.4 is 0 Å². The molecule has 1 fully saturated rings. The predicted molar refractivity (Wildman–Crippen MR) is 86.7 cm³/mol. The van der Waals surface area contributed by atoms with E-state index in [1.165, 1.54) is 0 Å². The molecular formula is C17H33NO4. The largest absolute Gasteiger partial charge is 0.381 e. The molecule has 5 heteroatoms. The lowest BCUT2D eigenvalue weighted by Crippen LogP contribution is -2.62. The Morgan fingerprint density at radius 3 is 2.14 bits per heavy atom. The number of piperidine rings is 1. The summed E-state index contributed by atoms with van der Waals surface area (Å²) in [4.78, 5) is 23.7. The molecule has 0 spiro atoms. The second-order valence-electron chi connectivity index (χ2n) is 7.49. The Morgan fingerprint density at radius 1 is 1.09 bits per heavy atom. The first-order valence-electron chi connectivity index (χ1n) is 8.23. The van der Waals surface area contributed by atoms with Crippen LogP contribution in [-0.4, -0.2) is 54.7 Å². The number of ketones is 1. The molecule has 5 nitrogen and oxygen atoms in total. The minimum atomic E-state index is 0.0699. The molecule has 0 saturated carbocycles. The standard InChI is InChI=1S/C17H33NO4/c1-14(19)8-7-10-21-22-11-9-18-16(2,3)12-15(20-6)13-17(18,4)5/h15H,7-13H2,1-6H3. The van der Waals surface area contributed by atoms with Crippen LogP contribution in [-0.2, 0) is 19.3 Å². The molecule has 0 aromatic rings. The van der Waals surface area contributed by atoms with Crippen LogP contribution in [0.3, 0.4) is 0 Å². The first-order valence-corrected chi connectivity index (χ1v) is 8.23. The number of rotatable bonds is 9. The van der Waals surface area contributed by atoms with Gasteiger partial charge in [0.15, 0.2) is 0 Å². The number of hydrogen-bond donors (Lipinski definition) is 0. The Balaban J connectivity index is 2.35. The lowest BCUT2D eigenvalue weighted by molar-refractivity contribution is -0.299. The third-order valence-corrected chi connectivity index (χ3v) is 4.49. The van der Waals surface area contributed by atoms with Gasteiger partial charge in [-0.05, 0) is 53.9 Å². The zero-order valence-corrected chi connectivity index (χ0v) is 15.1. The van der Waals surface area contributed by atoms with Crippen LogP contribution in [0.1, 0.15) is 60.3 Å². The fourth-order valence-electron chi connectivity index (χ4n) is 3.62. The molecular weight excluding hydrogens is 282 g/mol. The summed E-state index contributed by atoms with van der Waals surface area (Å²) in [6.07, 6.45) is 3.61. The maximum absolute atomic E-state index is 10.8. The van der Waals surface area contributed by atoms with Gasteiger partial charge in [0.05, 0.1) is 19.3 Å². The van der Waals surface area contributed by atoms with Gasteiger partial charge in [-0.1, -0.05) is 0 Å². The van der Waals surface area contributed by atoms with Gasteiger partial charge < -0.3 is 9.53 Å². The molecule has 0 amide bonds. The van der Waals surface area contributed by atoms with Crippen LogP contribution in [0.2, 0.25) is 0 Å². The van der Waals surface area contributed by atoms with E-state index in [1.54, 1.807) is 14.0 Å². The molecule has 0 aliphatic carbocycles. The van der Waals surface area contributed by atoms with E-state index >= 15 is 0 Å². The molecule has 0 radical (unpaired) electrons. The molecule has 130 valence electrons. The van der Waals surface area contributed by atoms with E-state index in [4.69, 9.17) is 14.5 Å². The topological polar surface area (TPSA) is 48.0 Å². The van der Waals surface area contributed by atoms with Crippen LogP contribution in [0.25, 0.3) is 0 Å². The molecule has 1 aliphatic rings. The lowest BCUT2D eigenvalue weighted by atomic mass is 9.78. The van der Waals surface area contributed by atoms with E-state index in [2.05, 4.69) is 32.6 Å². The number of likely N-dealkylation sites (tertiary alicyclic amines) is 1. The Hall–Kier alpha value is -0.490. The van der Waals surface area contributed by atoms with Gasteiger partial charge in [-0.3, -0.25) is 4.90 Å². The SMILES string of the molecule is COC1CC(C)(C)N(CCOOCCCC(C)=O)C(C)(C)C1. The average molecular weight is 315 g/mol. The molecule has 0 bridgehead atoms. The van der Waals surface area contributed by atoms with Crippen molar-refractivity contribution in [2.45, 2.75) is 77.5 Å². The number of carbonyl (C=O) groups excluding carboxylic acids is 1. The first-order chi connectivity index (χ1) is 10.2. The monoisotopic (exact) mass is 315 g/mol. The molecule has 1 saturated heterocycles. The van der Waals surface area contributed by atoms with Crippen LogP contribution in [0.15, 0.2) is 0 Å². The Bertz CT molecular complexity index is 337. The predicted octanol–water partition coefficient (Wildman–Crippen LogP) is 2.97. The summed E-state index contributed by atoms with van der Waals surface area (Å²) in [5.74, 6) is 0.188. The molecule has 0 atom stereocenters. The fourth-order valence-corrected chi connectivity index (χ4v) is 3.62. The molecule has 1 aliphatic heterocycles. The number of Topliss-reactive ketones (excluding diaryl/α,β-unsaturated/α-hetero) is 1. The summed E-state index contributed by atoms with van der Waals surface area (Å²) in [5, 5.41) is 0. The third-order valence-electron chi connectivity index (χ3n) is 4.49.